The second-order valence-electron chi connectivity index (χ2n) is 6.00. The molecule has 0 spiro atoms. The Hall–Kier alpha value is -0.540. The highest BCUT2D eigenvalue weighted by atomic mass is 79.9. The van der Waals surface area contributed by atoms with E-state index in [0.29, 0.717) is 5.92 Å². The molecule has 1 aliphatic rings. The van der Waals surface area contributed by atoms with Crippen LogP contribution in [0.2, 0.25) is 0 Å². The van der Waals surface area contributed by atoms with Gasteiger partial charge in [0.25, 0.3) is 0 Å². The van der Waals surface area contributed by atoms with E-state index in [1.54, 1.807) is 0 Å². The van der Waals surface area contributed by atoms with Gasteiger partial charge in [0.15, 0.2) is 0 Å². The number of halogens is 1. The summed E-state index contributed by atoms with van der Waals surface area (Å²) in [6.45, 7) is 8.91. The standard InChI is InChI=1S/C15H22BrNO/c1-11-4-5-13(8-14(11)16)17-7-6-15(2,3)12(9-17)10-18/h4-5,8,12,18H,6-7,9-10H2,1-3H3. The zero-order chi connectivity index (χ0) is 13.3. The maximum Gasteiger partial charge on any atom is 0.0481 e. The number of benzene rings is 1. The van der Waals surface area contributed by atoms with Gasteiger partial charge in [-0.1, -0.05) is 35.8 Å². The number of hydrogen-bond acceptors (Lipinski definition) is 2. The van der Waals surface area contributed by atoms with Crippen molar-refractivity contribution in [2.45, 2.75) is 27.2 Å². The van der Waals surface area contributed by atoms with Gasteiger partial charge in [-0.3, -0.25) is 0 Å². The van der Waals surface area contributed by atoms with Crippen LogP contribution in [0.4, 0.5) is 5.69 Å². The van der Waals surface area contributed by atoms with Crippen LogP contribution in [0.3, 0.4) is 0 Å². The van der Waals surface area contributed by atoms with Crippen molar-refractivity contribution in [2.24, 2.45) is 11.3 Å². The molecule has 100 valence electrons. The molecule has 1 saturated heterocycles. The Kier molecular flexibility index (Phi) is 4.02. The molecule has 0 radical (unpaired) electrons. The Morgan fingerprint density at radius 3 is 2.78 bits per heavy atom. The highest BCUT2D eigenvalue weighted by Crippen LogP contribution is 2.37. The molecule has 1 fully saturated rings. The fourth-order valence-corrected chi connectivity index (χ4v) is 2.92. The minimum atomic E-state index is 0.243. The summed E-state index contributed by atoms with van der Waals surface area (Å²) in [5.41, 5.74) is 2.75. The second-order valence-corrected chi connectivity index (χ2v) is 6.85. The largest absolute Gasteiger partial charge is 0.396 e. The number of hydrogen-bond donors (Lipinski definition) is 1. The van der Waals surface area contributed by atoms with Gasteiger partial charge in [0, 0.05) is 35.8 Å². The molecule has 0 amide bonds. The topological polar surface area (TPSA) is 23.5 Å². The first-order valence-electron chi connectivity index (χ1n) is 6.56. The molecule has 2 nitrogen and oxygen atoms in total. The Labute approximate surface area is 118 Å². The maximum atomic E-state index is 9.55. The average Bonchev–Trinajstić information content (AvgIpc) is 2.32. The van der Waals surface area contributed by atoms with Gasteiger partial charge in [0.1, 0.15) is 0 Å². The minimum absolute atomic E-state index is 0.243. The molecule has 2 rings (SSSR count). The Balaban J connectivity index is 2.18. The van der Waals surface area contributed by atoms with Crippen LogP contribution in [-0.4, -0.2) is 24.8 Å². The first kappa shape index (κ1) is 13.9. The van der Waals surface area contributed by atoms with Gasteiger partial charge in [-0.05, 0) is 36.5 Å². The summed E-state index contributed by atoms with van der Waals surface area (Å²) in [6, 6.07) is 6.50. The van der Waals surface area contributed by atoms with Gasteiger partial charge in [0.05, 0.1) is 0 Å². The lowest BCUT2D eigenvalue weighted by atomic mass is 9.73. The van der Waals surface area contributed by atoms with Crippen LogP contribution < -0.4 is 4.90 Å². The number of nitrogens with zero attached hydrogens (tertiary/aromatic N) is 1. The van der Waals surface area contributed by atoms with Crippen LogP contribution in [0, 0.1) is 18.3 Å². The van der Waals surface area contributed by atoms with Crippen molar-refractivity contribution in [3.05, 3.63) is 28.2 Å². The quantitative estimate of drug-likeness (QED) is 0.902. The van der Waals surface area contributed by atoms with Crippen LogP contribution in [0.25, 0.3) is 0 Å². The van der Waals surface area contributed by atoms with E-state index < -0.39 is 0 Å². The molecule has 1 unspecified atom stereocenters. The molecule has 0 aliphatic carbocycles. The van der Waals surface area contributed by atoms with Crippen LogP contribution >= 0.6 is 15.9 Å². The summed E-state index contributed by atoms with van der Waals surface area (Å²) >= 11 is 3.59. The Bertz CT molecular complexity index is 431. The van der Waals surface area contributed by atoms with E-state index in [2.05, 4.69) is 59.8 Å². The number of aliphatic hydroxyl groups excluding tert-OH is 1. The molecule has 3 heteroatoms. The summed E-state index contributed by atoms with van der Waals surface area (Å²) in [5, 5.41) is 9.55. The smallest absolute Gasteiger partial charge is 0.0481 e. The van der Waals surface area contributed by atoms with E-state index in [4.69, 9.17) is 0 Å². The van der Waals surface area contributed by atoms with Crippen molar-refractivity contribution in [1.29, 1.82) is 0 Å². The van der Waals surface area contributed by atoms with Gasteiger partial charge in [-0.2, -0.15) is 0 Å². The predicted molar refractivity (Wildman–Crippen MR) is 80.1 cm³/mol. The van der Waals surface area contributed by atoms with Crippen molar-refractivity contribution in [2.75, 3.05) is 24.6 Å². The monoisotopic (exact) mass is 311 g/mol. The number of aliphatic hydroxyl groups is 1. The fraction of sp³-hybridized carbons (Fsp3) is 0.600. The molecular formula is C15H22BrNO. The van der Waals surface area contributed by atoms with E-state index in [1.165, 1.54) is 11.3 Å². The molecule has 0 bridgehead atoms. The molecule has 1 aromatic rings. The third-order valence-corrected chi connectivity index (χ3v) is 5.17. The molecule has 0 aromatic heterocycles. The van der Waals surface area contributed by atoms with Crippen LogP contribution in [0.1, 0.15) is 25.8 Å². The van der Waals surface area contributed by atoms with Crippen LogP contribution in [0.15, 0.2) is 22.7 Å². The van der Waals surface area contributed by atoms with Crippen molar-refractivity contribution in [3.8, 4) is 0 Å². The summed E-state index contributed by atoms with van der Waals surface area (Å²) in [5.74, 6) is 0.353. The SMILES string of the molecule is Cc1ccc(N2CCC(C)(C)C(CO)C2)cc1Br. The van der Waals surface area contributed by atoms with Crippen molar-refractivity contribution >= 4 is 21.6 Å². The number of anilines is 1. The predicted octanol–water partition coefficient (Wildman–Crippen LogP) is 3.60. The molecule has 1 aliphatic heterocycles. The van der Waals surface area contributed by atoms with Crippen molar-refractivity contribution in [3.63, 3.8) is 0 Å². The zero-order valence-corrected chi connectivity index (χ0v) is 13.0. The Morgan fingerprint density at radius 2 is 2.17 bits per heavy atom. The highest BCUT2D eigenvalue weighted by molar-refractivity contribution is 9.10. The van der Waals surface area contributed by atoms with Crippen molar-refractivity contribution < 1.29 is 5.11 Å². The summed E-state index contributed by atoms with van der Waals surface area (Å²) in [6.07, 6.45) is 1.13. The van der Waals surface area contributed by atoms with Crippen molar-refractivity contribution in [1.82, 2.24) is 0 Å². The van der Waals surface area contributed by atoms with Gasteiger partial charge in [0.2, 0.25) is 0 Å². The lowest BCUT2D eigenvalue weighted by Gasteiger charge is -2.44. The number of piperidine rings is 1. The second kappa shape index (κ2) is 5.22. The van der Waals surface area contributed by atoms with E-state index in [1.807, 2.05) is 0 Å². The lowest BCUT2D eigenvalue weighted by molar-refractivity contribution is 0.0967. The van der Waals surface area contributed by atoms with E-state index in [-0.39, 0.29) is 12.0 Å². The molecule has 1 N–H and O–H groups in total. The van der Waals surface area contributed by atoms with E-state index in [0.717, 1.165) is 24.0 Å². The number of aryl methyl sites for hydroxylation is 1. The third-order valence-electron chi connectivity index (χ3n) is 4.31. The van der Waals surface area contributed by atoms with Crippen LogP contribution in [0.5, 0.6) is 0 Å². The molecule has 1 heterocycles. The molecule has 1 atom stereocenters. The van der Waals surface area contributed by atoms with Gasteiger partial charge in [-0.25, -0.2) is 0 Å². The average molecular weight is 312 g/mol. The lowest BCUT2D eigenvalue weighted by Crippen LogP contribution is -2.46. The van der Waals surface area contributed by atoms with Gasteiger partial charge < -0.3 is 10.0 Å². The minimum Gasteiger partial charge on any atom is -0.396 e. The zero-order valence-electron chi connectivity index (χ0n) is 11.4. The van der Waals surface area contributed by atoms with E-state index in [9.17, 15) is 5.11 Å². The molecule has 0 saturated carbocycles. The van der Waals surface area contributed by atoms with Crippen LogP contribution in [-0.2, 0) is 0 Å². The fourth-order valence-electron chi connectivity index (χ4n) is 2.55. The third kappa shape index (κ3) is 2.72. The molecule has 1 aromatic carbocycles. The highest BCUT2D eigenvalue weighted by Gasteiger charge is 2.35. The first-order valence-corrected chi connectivity index (χ1v) is 7.35. The van der Waals surface area contributed by atoms with Gasteiger partial charge >= 0.3 is 0 Å². The molecular weight excluding hydrogens is 290 g/mol. The van der Waals surface area contributed by atoms with E-state index >= 15 is 0 Å². The maximum absolute atomic E-state index is 9.55. The Morgan fingerprint density at radius 1 is 1.44 bits per heavy atom. The molecule has 18 heavy (non-hydrogen) atoms. The summed E-state index contributed by atoms with van der Waals surface area (Å²) in [4.78, 5) is 2.39. The number of rotatable bonds is 2. The summed E-state index contributed by atoms with van der Waals surface area (Å²) in [7, 11) is 0. The first-order chi connectivity index (χ1) is 8.44. The van der Waals surface area contributed by atoms with Gasteiger partial charge in [-0.15, -0.1) is 0 Å². The normalized spacial score (nSPS) is 23.2. The summed E-state index contributed by atoms with van der Waals surface area (Å²) < 4.78 is 1.16.